The number of aliphatic carboxylic acids is 1. The number of hydrogen-bond acceptors (Lipinski definition) is 2. The van der Waals surface area contributed by atoms with Crippen molar-refractivity contribution in [2.75, 3.05) is 0 Å². The van der Waals surface area contributed by atoms with Crippen LogP contribution >= 0.6 is 11.8 Å². The molecule has 118 valence electrons. The van der Waals surface area contributed by atoms with Crippen molar-refractivity contribution in [3.8, 4) is 0 Å². The Bertz CT molecular complexity index is 307. The second kappa shape index (κ2) is 7.52. The quantitative estimate of drug-likeness (QED) is 0.484. The van der Waals surface area contributed by atoms with Gasteiger partial charge in [0.2, 0.25) is 0 Å². The molecule has 1 rings (SSSR count). The zero-order valence-corrected chi connectivity index (χ0v) is 12.0. The summed E-state index contributed by atoms with van der Waals surface area (Å²) in [6.07, 6.45) is 4.59. The summed E-state index contributed by atoms with van der Waals surface area (Å²) in [5.41, 5.74) is 0. The minimum absolute atomic E-state index is 0.101. The normalized spacial score (nSPS) is 23.9. The van der Waals surface area contributed by atoms with Gasteiger partial charge in [-0.25, -0.2) is 0 Å². The standard InChI is InChI=1S/C13H20F4O2S/c14-12(15)9-10(20-13(12,16)17)7-5-3-1-2-4-6-8-11(18)19/h10H,1-9H2,(H,18,19). The molecule has 20 heavy (non-hydrogen) atoms. The van der Waals surface area contributed by atoms with Gasteiger partial charge in [-0.3, -0.25) is 4.79 Å². The van der Waals surface area contributed by atoms with Gasteiger partial charge >= 0.3 is 17.1 Å². The van der Waals surface area contributed by atoms with Crippen LogP contribution in [-0.4, -0.2) is 27.5 Å². The lowest BCUT2D eigenvalue weighted by Crippen LogP contribution is -2.31. The van der Waals surface area contributed by atoms with Crippen molar-refractivity contribution in [1.29, 1.82) is 0 Å². The summed E-state index contributed by atoms with van der Waals surface area (Å²) in [5.74, 6) is -4.68. The first-order valence-electron chi connectivity index (χ1n) is 6.90. The smallest absolute Gasteiger partial charge is 0.356 e. The highest BCUT2D eigenvalue weighted by Crippen LogP contribution is 2.56. The zero-order valence-electron chi connectivity index (χ0n) is 11.2. The fourth-order valence-corrected chi connectivity index (χ4v) is 3.51. The molecule has 0 radical (unpaired) electrons. The van der Waals surface area contributed by atoms with Gasteiger partial charge in [0.1, 0.15) is 0 Å². The number of unbranched alkanes of at least 4 members (excludes halogenated alkanes) is 5. The van der Waals surface area contributed by atoms with Crippen molar-refractivity contribution >= 4 is 17.7 Å². The molecule has 1 heterocycles. The Labute approximate surface area is 120 Å². The van der Waals surface area contributed by atoms with Crippen molar-refractivity contribution in [3.05, 3.63) is 0 Å². The van der Waals surface area contributed by atoms with E-state index < -0.39 is 28.8 Å². The molecule has 2 nitrogen and oxygen atoms in total. The molecule has 0 bridgehead atoms. The van der Waals surface area contributed by atoms with Gasteiger partial charge in [-0.2, -0.15) is 17.6 Å². The molecule has 1 aliphatic rings. The number of carboxylic acid groups (broad SMARTS) is 1. The Balaban J connectivity index is 2.02. The van der Waals surface area contributed by atoms with Crippen LogP contribution in [0.15, 0.2) is 0 Å². The summed E-state index contributed by atoms with van der Waals surface area (Å²) < 4.78 is 51.7. The largest absolute Gasteiger partial charge is 0.481 e. The molecule has 1 N–H and O–H groups in total. The van der Waals surface area contributed by atoms with Crippen LogP contribution in [0.2, 0.25) is 0 Å². The molecule has 1 atom stereocenters. The van der Waals surface area contributed by atoms with E-state index in [1.165, 1.54) is 0 Å². The maximum absolute atomic E-state index is 12.9. The number of rotatable bonds is 9. The average molecular weight is 316 g/mol. The summed E-state index contributed by atoms with van der Waals surface area (Å²) >= 11 is 0.101. The van der Waals surface area contributed by atoms with E-state index >= 15 is 0 Å². The number of halogens is 4. The van der Waals surface area contributed by atoms with Crippen molar-refractivity contribution in [1.82, 2.24) is 0 Å². The molecule has 0 aromatic carbocycles. The van der Waals surface area contributed by atoms with Crippen LogP contribution in [0.25, 0.3) is 0 Å². The van der Waals surface area contributed by atoms with Crippen LogP contribution in [0.1, 0.15) is 57.8 Å². The molecule has 0 aromatic heterocycles. The third-order valence-corrected chi connectivity index (χ3v) is 4.72. The van der Waals surface area contributed by atoms with E-state index in [0.29, 0.717) is 19.3 Å². The van der Waals surface area contributed by atoms with Gasteiger partial charge in [-0.05, 0) is 12.8 Å². The van der Waals surface area contributed by atoms with E-state index in [2.05, 4.69) is 0 Å². The van der Waals surface area contributed by atoms with Crippen molar-refractivity contribution in [3.63, 3.8) is 0 Å². The van der Waals surface area contributed by atoms with Crippen LogP contribution in [0.5, 0.6) is 0 Å². The predicted octanol–water partition coefficient (Wildman–Crippen LogP) is 4.93. The lowest BCUT2D eigenvalue weighted by Gasteiger charge is -2.15. The Morgan fingerprint density at radius 1 is 1.05 bits per heavy atom. The minimum Gasteiger partial charge on any atom is -0.481 e. The Kier molecular flexibility index (Phi) is 6.61. The van der Waals surface area contributed by atoms with Gasteiger partial charge in [-0.1, -0.05) is 43.9 Å². The summed E-state index contributed by atoms with van der Waals surface area (Å²) in [4.78, 5) is 10.3. The molecule has 0 aliphatic carbocycles. The highest BCUT2D eigenvalue weighted by atomic mass is 32.2. The van der Waals surface area contributed by atoms with E-state index in [1.807, 2.05) is 0 Å². The fraction of sp³-hybridized carbons (Fsp3) is 0.923. The van der Waals surface area contributed by atoms with Crippen LogP contribution in [-0.2, 0) is 4.79 Å². The molecule has 0 aromatic rings. The molecule has 1 saturated heterocycles. The second-order valence-corrected chi connectivity index (χ2v) is 6.63. The minimum atomic E-state index is -3.92. The molecule has 1 aliphatic heterocycles. The monoisotopic (exact) mass is 316 g/mol. The lowest BCUT2D eigenvalue weighted by atomic mass is 10.0. The first kappa shape index (κ1) is 17.6. The summed E-state index contributed by atoms with van der Waals surface area (Å²) in [6, 6.07) is 0. The van der Waals surface area contributed by atoms with Gasteiger partial charge in [-0.15, -0.1) is 0 Å². The summed E-state index contributed by atoms with van der Waals surface area (Å²) in [7, 11) is 0. The highest BCUT2D eigenvalue weighted by Gasteiger charge is 2.63. The molecular weight excluding hydrogens is 296 g/mol. The van der Waals surface area contributed by atoms with Gasteiger partial charge in [0.25, 0.3) is 0 Å². The van der Waals surface area contributed by atoms with E-state index in [0.717, 1.165) is 25.7 Å². The van der Waals surface area contributed by atoms with Crippen LogP contribution < -0.4 is 0 Å². The number of carbonyl (C=O) groups is 1. The Morgan fingerprint density at radius 3 is 2.10 bits per heavy atom. The van der Waals surface area contributed by atoms with Crippen molar-refractivity contribution in [2.24, 2.45) is 0 Å². The van der Waals surface area contributed by atoms with Gasteiger partial charge < -0.3 is 5.11 Å². The molecular formula is C13H20F4O2S. The zero-order chi connectivity index (χ0) is 15.2. The predicted molar refractivity (Wildman–Crippen MR) is 70.5 cm³/mol. The van der Waals surface area contributed by atoms with Crippen molar-refractivity contribution in [2.45, 2.75) is 74.2 Å². The number of alkyl halides is 4. The molecule has 1 unspecified atom stereocenters. The first-order valence-corrected chi connectivity index (χ1v) is 7.78. The van der Waals surface area contributed by atoms with Crippen LogP contribution in [0.4, 0.5) is 17.6 Å². The average Bonchev–Trinajstić information content (AvgIpc) is 2.50. The lowest BCUT2D eigenvalue weighted by molar-refractivity contribution is -0.145. The topological polar surface area (TPSA) is 37.3 Å². The van der Waals surface area contributed by atoms with E-state index in [9.17, 15) is 22.4 Å². The van der Waals surface area contributed by atoms with Gasteiger partial charge in [0.15, 0.2) is 0 Å². The molecule has 0 amide bonds. The molecule has 0 spiro atoms. The maximum Gasteiger partial charge on any atom is 0.356 e. The number of hydrogen-bond donors (Lipinski definition) is 1. The SMILES string of the molecule is O=C(O)CCCCCCCCC1CC(F)(F)C(F)(F)S1. The van der Waals surface area contributed by atoms with Crippen molar-refractivity contribution < 1.29 is 27.5 Å². The summed E-state index contributed by atoms with van der Waals surface area (Å²) in [5, 5.41) is 3.85. The Hall–Kier alpha value is -0.460. The third-order valence-electron chi connectivity index (χ3n) is 3.39. The van der Waals surface area contributed by atoms with Gasteiger partial charge in [0, 0.05) is 18.1 Å². The van der Waals surface area contributed by atoms with E-state index in [1.54, 1.807) is 0 Å². The highest BCUT2D eigenvalue weighted by molar-refractivity contribution is 8.01. The van der Waals surface area contributed by atoms with E-state index in [-0.39, 0.29) is 18.2 Å². The van der Waals surface area contributed by atoms with Crippen LogP contribution in [0.3, 0.4) is 0 Å². The molecule has 7 heteroatoms. The van der Waals surface area contributed by atoms with E-state index in [4.69, 9.17) is 5.11 Å². The summed E-state index contributed by atoms with van der Waals surface area (Å²) in [6.45, 7) is 0. The Morgan fingerprint density at radius 2 is 1.60 bits per heavy atom. The number of carboxylic acids is 1. The number of thioether (sulfide) groups is 1. The molecule has 0 saturated carbocycles. The van der Waals surface area contributed by atoms with Crippen LogP contribution in [0, 0.1) is 0 Å². The fourth-order valence-electron chi connectivity index (χ4n) is 2.26. The maximum atomic E-state index is 12.9. The van der Waals surface area contributed by atoms with Gasteiger partial charge in [0.05, 0.1) is 0 Å². The first-order chi connectivity index (χ1) is 9.24. The third kappa shape index (κ3) is 5.50. The molecule has 1 fully saturated rings. The second-order valence-electron chi connectivity index (χ2n) is 5.22.